The second kappa shape index (κ2) is 4.97. The molecule has 1 aromatic carbocycles. The summed E-state index contributed by atoms with van der Waals surface area (Å²) >= 11 is 0. The van der Waals surface area contributed by atoms with Gasteiger partial charge in [-0.2, -0.15) is 0 Å². The molecule has 5 nitrogen and oxygen atoms in total. The number of ether oxygens (including phenoxy) is 1. The van der Waals surface area contributed by atoms with Crippen LogP contribution in [0.5, 0.6) is 11.5 Å². The van der Waals surface area contributed by atoms with Crippen LogP contribution in [0.2, 0.25) is 0 Å². The molecule has 4 aliphatic rings. The van der Waals surface area contributed by atoms with Crippen molar-refractivity contribution in [2.24, 2.45) is 5.92 Å². The summed E-state index contributed by atoms with van der Waals surface area (Å²) in [5, 5.41) is 10.4. The molecule has 2 aliphatic heterocycles. The van der Waals surface area contributed by atoms with Crippen LogP contribution in [0.1, 0.15) is 24.5 Å². The van der Waals surface area contributed by atoms with Crippen molar-refractivity contribution in [2.45, 2.75) is 43.4 Å². The standard InChI is InChI=1S/C19H23NO4/c1-3-22-24-15-7-5-12-13-10-11-4-6-14(21)17-16(11)19(12,18(15)23-17)8-9-20(13)2/h4-7,12-13,15,18,21H,3,8-10H2,1-2H3/t12-,13+,15-,18-,19-/m0/s1. The molecule has 1 spiro atoms. The van der Waals surface area contributed by atoms with Crippen LogP contribution in [0.4, 0.5) is 0 Å². The second-order valence-electron chi connectivity index (χ2n) is 7.41. The molecule has 2 heterocycles. The Bertz CT molecular complexity index is 718. The minimum absolute atomic E-state index is 0.116. The van der Waals surface area contributed by atoms with Gasteiger partial charge < -0.3 is 14.7 Å². The maximum Gasteiger partial charge on any atom is 0.165 e. The van der Waals surface area contributed by atoms with Gasteiger partial charge in [0.2, 0.25) is 0 Å². The Morgan fingerprint density at radius 1 is 1.38 bits per heavy atom. The quantitative estimate of drug-likeness (QED) is 0.523. The van der Waals surface area contributed by atoms with E-state index in [1.807, 2.05) is 6.92 Å². The van der Waals surface area contributed by atoms with E-state index >= 15 is 0 Å². The Balaban J connectivity index is 1.70. The molecule has 0 unspecified atom stereocenters. The first kappa shape index (κ1) is 14.8. The Morgan fingerprint density at radius 2 is 2.25 bits per heavy atom. The third kappa shape index (κ3) is 1.65. The average Bonchev–Trinajstić information content (AvgIpc) is 2.94. The highest BCUT2D eigenvalue weighted by atomic mass is 17.2. The summed E-state index contributed by atoms with van der Waals surface area (Å²) in [5.41, 5.74) is 2.41. The number of rotatable bonds is 3. The molecule has 2 aliphatic carbocycles. The normalized spacial score (nSPS) is 38.8. The molecule has 128 valence electrons. The lowest BCUT2D eigenvalue weighted by Gasteiger charge is -2.56. The fourth-order valence-electron chi connectivity index (χ4n) is 5.45. The highest BCUT2D eigenvalue weighted by Crippen LogP contribution is 2.62. The molecule has 5 heteroatoms. The first-order chi connectivity index (χ1) is 11.7. The molecule has 5 atom stereocenters. The number of hydrogen-bond donors (Lipinski definition) is 1. The number of likely N-dealkylation sites (N-methyl/N-ethyl adjacent to an activating group) is 1. The van der Waals surface area contributed by atoms with Gasteiger partial charge in [-0.3, -0.25) is 0 Å². The van der Waals surface area contributed by atoms with E-state index < -0.39 is 0 Å². The van der Waals surface area contributed by atoms with E-state index in [1.165, 1.54) is 11.1 Å². The fraction of sp³-hybridized carbons (Fsp3) is 0.579. The van der Waals surface area contributed by atoms with Gasteiger partial charge in [0.05, 0.1) is 6.61 Å². The lowest BCUT2D eigenvalue weighted by Crippen LogP contribution is -2.65. The average molecular weight is 329 g/mol. The van der Waals surface area contributed by atoms with E-state index in [0.29, 0.717) is 24.3 Å². The van der Waals surface area contributed by atoms with Crippen molar-refractivity contribution in [3.8, 4) is 11.5 Å². The summed E-state index contributed by atoms with van der Waals surface area (Å²) in [5.74, 6) is 1.29. The summed E-state index contributed by atoms with van der Waals surface area (Å²) in [6, 6.07) is 4.31. The summed E-state index contributed by atoms with van der Waals surface area (Å²) in [6.07, 6.45) is 6.01. The zero-order valence-corrected chi connectivity index (χ0v) is 14.1. The van der Waals surface area contributed by atoms with Crippen molar-refractivity contribution in [3.05, 3.63) is 35.4 Å². The number of benzene rings is 1. The molecule has 1 fully saturated rings. The molecule has 0 radical (unpaired) electrons. The monoisotopic (exact) mass is 329 g/mol. The summed E-state index contributed by atoms with van der Waals surface area (Å²) in [7, 11) is 2.21. The highest BCUT2D eigenvalue weighted by molar-refractivity contribution is 5.61. The highest BCUT2D eigenvalue weighted by Gasteiger charge is 2.64. The Kier molecular flexibility index (Phi) is 3.06. The maximum atomic E-state index is 10.4. The zero-order valence-electron chi connectivity index (χ0n) is 14.1. The van der Waals surface area contributed by atoms with Crippen LogP contribution in [0, 0.1) is 5.92 Å². The molecule has 5 rings (SSSR count). The molecule has 0 aromatic heterocycles. The van der Waals surface area contributed by atoms with Crippen LogP contribution < -0.4 is 4.74 Å². The van der Waals surface area contributed by atoms with Gasteiger partial charge in [-0.25, -0.2) is 9.78 Å². The SMILES string of the molecule is CCOO[C@H]1C=C[C@H]2[C@H]3Cc4ccc(O)c5c4[C@@]2(CCN3C)[C@H]1O5. The number of likely N-dealkylation sites (tertiary alicyclic amines) is 1. The molecule has 24 heavy (non-hydrogen) atoms. The molecule has 0 saturated carbocycles. The first-order valence-corrected chi connectivity index (χ1v) is 8.85. The van der Waals surface area contributed by atoms with Gasteiger partial charge in [0.25, 0.3) is 0 Å². The zero-order chi connectivity index (χ0) is 16.5. The lowest BCUT2D eigenvalue weighted by atomic mass is 9.53. The van der Waals surface area contributed by atoms with Crippen LogP contribution >= 0.6 is 0 Å². The minimum Gasteiger partial charge on any atom is -0.504 e. The molecule has 1 N–H and O–H groups in total. The van der Waals surface area contributed by atoms with Crippen LogP contribution in [0.25, 0.3) is 0 Å². The van der Waals surface area contributed by atoms with Crippen molar-refractivity contribution in [1.82, 2.24) is 4.90 Å². The van der Waals surface area contributed by atoms with E-state index in [0.717, 1.165) is 19.4 Å². The van der Waals surface area contributed by atoms with Gasteiger partial charge >= 0.3 is 0 Å². The van der Waals surface area contributed by atoms with Crippen LogP contribution in [0.15, 0.2) is 24.3 Å². The molecule has 0 amide bonds. The summed E-state index contributed by atoms with van der Waals surface area (Å²) in [4.78, 5) is 13.3. The van der Waals surface area contributed by atoms with Gasteiger partial charge in [0.15, 0.2) is 11.5 Å². The molecular weight excluding hydrogens is 306 g/mol. The first-order valence-electron chi connectivity index (χ1n) is 8.85. The van der Waals surface area contributed by atoms with Crippen LogP contribution in [-0.2, 0) is 21.6 Å². The largest absolute Gasteiger partial charge is 0.504 e. The second-order valence-corrected chi connectivity index (χ2v) is 7.41. The van der Waals surface area contributed by atoms with Crippen molar-refractivity contribution in [3.63, 3.8) is 0 Å². The number of hydrogen-bond acceptors (Lipinski definition) is 5. The van der Waals surface area contributed by atoms with E-state index in [4.69, 9.17) is 14.5 Å². The number of nitrogens with zero attached hydrogens (tertiary/aromatic N) is 1. The van der Waals surface area contributed by atoms with Gasteiger partial charge in [0, 0.05) is 22.9 Å². The number of phenols is 1. The topological polar surface area (TPSA) is 51.2 Å². The molecule has 2 bridgehead atoms. The molecule has 1 saturated heterocycles. The van der Waals surface area contributed by atoms with Crippen molar-refractivity contribution in [1.29, 1.82) is 0 Å². The third-order valence-corrected chi connectivity index (χ3v) is 6.43. The molecule has 1 aromatic rings. The fourth-order valence-corrected chi connectivity index (χ4v) is 5.45. The Hall–Kier alpha value is -1.56. The van der Waals surface area contributed by atoms with Crippen molar-refractivity contribution in [2.75, 3.05) is 20.2 Å². The Morgan fingerprint density at radius 3 is 3.08 bits per heavy atom. The molecular formula is C19H23NO4. The number of piperidine rings is 1. The number of phenolic OH excluding ortho intramolecular Hbond substituents is 1. The minimum atomic E-state index is -0.247. The van der Waals surface area contributed by atoms with E-state index in [1.54, 1.807) is 6.07 Å². The smallest absolute Gasteiger partial charge is 0.165 e. The van der Waals surface area contributed by atoms with Crippen LogP contribution in [0.3, 0.4) is 0 Å². The predicted octanol–water partition coefficient (Wildman–Crippen LogP) is 2.17. The Labute approximate surface area is 141 Å². The van der Waals surface area contributed by atoms with Crippen LogP contribution in [-0.4, -0.2) is 48.5 Å². The summed E-state index contributed by atoms with van der Waals surface area (Å²) in [6.45, 7) is 3.45. The van der Waals surface area contributed by atoms with Gasteiger partial charge in [0.1, 0.15) is 12.2 Å². The van der Waals surface area contributed by atoms with Gasteiger partial charge in [-0.15, -0.1) is 0 Å². The predicted molar refractivity (Wildman–Crippen MR) is 88.1 cm³/mol. The third-order valence-electron chi connectivity index (χ3n) is 6.43. The van der Waals surface area contributed by atoms with Gasteiger partial charge in [-0.05, 0) is 45.0 Å². The van der Waals surface area contributed by atoms with Gasteiger partial charge in [-0.1, -0.05) is 18.2 Å². The van der Waals surface area contributed by atoms with E-state index in [2.05, 4.69) is 30.2 Å². The van der Waals surface area contributed by atoms with E-state index in [-0.39, 0.29) is 23.4 Å². The maximum absolute atomic E-state index is 10.4. The summed E-state index contributed by atoms with van der Waals surface area (Å²) < 4.78 is 6.33. The van der Waals surface area contributed by atoms with E-state index in [9.17, 15) is 5.11 Å². The van der Waals surface area contributed by atoms with Crippen molar-refractivity contribution >= 4 is 0 Å². The van der Waals surface area contributed by atoms with Crippen molar-refractivity contribution < 1.29 is 19.6 Å². The lowest BCUT2D eigenvalue weighted by molar-refractivity contribution is -0.328. The number of aromatic hydroxyl groups is 1.